The molecule has 6 nitrogen and oxygen atoms in total. The number of ether oxygens (including phenoxy) is 2. The fourth-order valence-electron chi connectivity index (χ4n) is 2.29. The molecule has 23 heavy (non-hydrogen) atoms. The Kier molecular flexibility index (Phi) is 5.28. The Morgan fingerprint density at radius 1 is 1.35 bits per heavy atom. The van der Waals surface area contributed by atoms with E-state index >= 15 is 0 Å². The zero-order valence-corrected chi connectivity index (χ0v) is 12.4. The Labute approximate surface area is 131 Å². The van der Waals surface area contributed by atoms with Gasteiger partial charge in [0.2, 0.25) is 0 Å². The van der Waals surface area contributed by atoms with Gasteiger partial charge in [0.15, 0.2) is 0 Å². The Morgan fingerprint density at radius 3 is 2.74 bits per heavy atom. The van der Waals surface area contributed by atoms with E-state index in [1.54, 1.807) is 0 Å². The van der Waals surface area contributed by atoms with Crippen molar-refractivity contribution in [3.8, 4) is 0 Å². The quantitative estimate of drug-likeness (QED) is 0.637. The molecule has 1 saturated heterocycles. The van der Waals surface area contributed by atoms with Crippen molar-refractivity contribution in [3.05, 3.63) is 47.7 Å². The van der Waals surface area contributed by atoms with Gasteiger partial charge in [0.1, 0.15) is 24.2 Å². The molecule has 0 aromatic heterocycles. The summed E-state index contributed by atoms with van der Waals surface area (Å²) in [6, 6.07) is 1.21. The lowest BCUT2D eigenvalue weighted by atomic mass is 9.88. The van der Waals surface area contributed by atoms with Crippen LogP contribution in [0, 0.1) is 17.6 Å². The van der Waals surface area contributed by atoms with E-state index in [0.29, 0.717) is 6.07 Å². The highest BCUT2D eigenvalue weighted by Gasteiger charge is 2.40. The first-order chi connectivity index (χ1) is 10.9. The lowest BCUT2D eigenvalue weighted by Crippen LogP contribution is -2.51. The van der Waals surface area contributed by atoms with Crippen LogP contribution in [0.2, 0.25) is 0 Å². The van der Waals surface area contributed by atoms with Gasteiger partial charge in [-0.1, -0.05) is 12.6 Å². The van der Waals surface area contributed by atoms with Gasteiger partial charge in [-0.3, -0.25) is 4.79 Å². The number of halogens is 2. The monoisotopic (exact) mass is 326 g/mol. The number of methoxy groups -OCH3 is 1. The third kappa shape index (κ3) is 3.84. The summed E-state index contributed by atoms with van der Waals surface area (Å²) in [6.07, 6.45) is 0. The second-order valence-corrected chi connectivity index (χ2v) is 4.91. The minimum Gasteiger partial charge on any atom is -0.463 e. The second kappa shape index (κ2) is 7.19. The van der Waals surface area contributed by atoms with E-state index < -0.39 is 35.6 Å². The number of urea groups is 1. The van der Waals surface area contributed by atoms with Crippen LogP contribution in [0.25, 0.3) is 0 Å². The molecule has 8 heteroatoms. The van der Waals surface area contributed by atoms with E-state index in [9.17, 15) is 18.4 Å². The highest BCUT2D eigenvalue weighted by Crippen LogP contribution is 2.32. The summed E-state index contributed by atoms with van der Waals surface area (Å²) in [5, 5.41) is 4.80. The van der Waals surface area contributed by atoms with Gasteiger partial charge in [0, 0.05) is 24.4 Å². The van der Waals surface area contributed by atoms with Crippen LogP contribution in [0.1, 0.15) is 11.6 Å². The van der Waals surface area contributed by atoms with Crippen LogP contribution in [0.4, 0.5) is 13.6 Å². The van der Waals surface area contributed by atoms with Crippen LogP contribution in [0.5, 0.6) is 0 Å². The van der Waals surface area contributed by atoms with Crippen molar-refractivity contribution in [3.63, 3.8) is 0 Å². The van der Waals surface area contributed by atoms with Gasteiger partial charge in [0.25, 0.3) is 0 Å². The molecule has 1 fully saturated rings. The lowest BCUT2D eigenvalue weighted by Gasteiger charge is -2.33. The largest absolute Gasteiger partial charge is 0.463 e. The number of carbonyl (C=O) groups is 2. The molecule has 2 amide bonds. The van der Waals surface area contributed by atoms with Crippen molar-refractivity contribution in [1.82, 2.24) is 10.6 Å². The summed E-state index contributed by atoms with van der Waals surface area (Å²) >= 11 is 0. The number of hydrogen-bond acceptors (Lipinski definition) is 4. The molecular weight excluding hydrogens is 310 g/mol. The zero-order chi connectivity index (χ0) is 17.0. The van der Waals surface area contributed by atoms with E-state index in [1.807, 2.05) is 0 Å². The fourth-order valence-corrected chi connectivity index (χ4v) is 2.29. The first-order valence-electron chi connectivity index (χ1n) is 6.81. The van der Waals surface area contributed by atoms with E-state index in [-0.39, 0.29) is 24.5 Å². The maximum Gasteiger partial charge on any atom is 0.319 e. The van der Waals surface area contributed by atoms with Crippen LogP contribution >= 0.6 is 0 Å². The number of hydrogen-bond donors (Lipinski definition) is 2. The van der Waals surface area contributed by atoms with E-state index in [1.165, 1.54) is 13.2 Å². The summed E-state index contributed by atoms with van der Waals surface area (Å²) in [5.74, 6) is -3.39. The number of benzene rings is 1. The third-order valence-electron chi connectivity index (χ3n) is 3.35. The minimum atomic E-state index is -1.05. The summed E-state index contributed by atoms with van der Waals surface area (Å²) in [4.78, 5) is 23.8. The summed E-state index contributed by atoms with van der Waals surface area (Å²) in [7, 11) is 1.45. The Morgan fingerprint density at radius 2 is 2.09 bits per heavy atom. The van der Waals surface area contributed by atoms with E-state index in [0.717, 1.165) is 6.07 Å². The number of carbonyl (C=O) groups excluding carboxylic acids is 2. The van der Waals surface area contributed by atoms with Gasteiger partial charge in [-0.25, -0.2) is 13.6 Å². The molecule has 124 valence electrons. The number of amides is 2. The van der Waals surface area contributed by atoms with Gasteiger partial charge >= 0.3 is 12.0 Å². The molecule has 0 unspecified atom stereocenters. The molecule has 1 aliphatic rings. The normalized spacial score (nSPS) is 20.7. The molecule has 0 radical (unpaired) electrons. The number of rotatable bonds is 5. The average molecular weight is 326 g/mol. The summed E-state index contributed by atoms with van der Waals surface area (Å²) < 4.78 is 36.9. The molecule has 2 atom stereocenters. The highest BCUT2D eigenvalue weighted by atomic mass is 19.1. The van der Waals surface area contributed by atoms with Crippen LogP contribution in [-0.4, -0.2) is 32.3 Å². The van der Waals surface area contributed by atoms with E-state index in [4.69, 9.17) is 9.47 Å². The Balaban J connectivity index is 2.29. The lowest BCUT2D eigenvalue weighted by molar-refractivity contribution is -0.149. The van der Waals surface area contributed by atoms with E-state index in [2.05, 4.69) is 17.2 Å². The van der Waals surface area contributed by atoms with Gasteiger partial charge < -0.3 is 20.1 Å². The molecular formula is C15H16F2N2O4. The highest BCUT2D eigenvalue weighted by molar-refractivity contribution is 5.85. The van der Waals surface area contributed by atoms with Crippen LogP contribution in [0.15, 0.2) is 30.5 Å². The van der Waals surface area contributed by atoms with Crippen molar-refractivity contribution < 1.29 is 27.8 Å². The Bertz CT molecular complexity index is 636. The summed E-state index contributed by atoms with van der Waals surface area (Å²) in [5.41, 5.74) is 0.0426. The molecule has 2 N–H and O–H groups in total. The fraction of sp³-hybridized carbons (Fsp3) is 0.333. The second-order valence-electron chi connectivity index (χ2n) is 4.91. The minimum absolute atomic E-state index is 0.00563. The topological polar surface area (TPSA) is 76.7 Å². The molecule has 1 aliphatic heterocycles. The van der Waals surface area contributed by atoms with Crippen molar-refractivity contribution in [1.29, 1.82) is 0 Å². The molecule has 0 saturated carbocycles. The summed E-state index contributed by atoms with van der Waals surface area (Å²) in [6.45, 7) is 3.82. The van der Waals surface area contributed by atoms with Gasteiger partial charge in [-0.15, -0.1) is 0 Å². The van der Waals surface area contributed by atoms with Crippen molar-refractivity contribution in [2.75, 3.05) is 20.3 Å². The zero-order valence-electron chi connectivity index (χ0n) is 12.4. The number of nitrogens with one attached hydrogen (secondary N) is 2. The van der Waals surface area contributed by atoms with Crippen molar-refractivity contribution in [2.45, 2.75) is 6.04 Å². The molecule has 0 bridgehead atoms. The molecule has 2 rings (SSSR count). The van der Waals surface area contributed by atoms with Gasteiger partial charge in [-0.2, -0.15) is 0 Å². The first-order valence-corrected chi connectivity index (χ1v) is 6.81. The van der Waals surface area contributed by atoms with Gasteiger partial charge in [0.05, 0.1) is 12.6 Å². The SMILES string of the molecule is C=C1NC(=O)N[C@@H](c2ccc(F)cc2F)[C@H]1C(=O)OCCOC. The third-order valence-corrected chi connectivity index (χ3v) is 3.35. The smallest absolute Gasteiger partial charge is 0.319 e. The molecule has 0 spiro atoms. The molecule has 1 aromatic rings. The molecule has 1 heterocycles. The van der Waals surface area contributed by atoms with Gasteiger partial charge in [-0.05, 0) is 6.07 Å². The van der Waals surface area contributed by atoms with Crippen LogP contribution < -0.4 is 10.6 Å². The van der Waals surface area contributed by atoms with Crippen LogP contribution in [0.3, 0.4) is 0 Å². The predicted octanol–water partition coefficient (Wildman–Crippen LogP) is 1.64. The number of esters is 1. The Hall–Kier alpha value is -2.48. The van der Waals surface area contributed by atoms with Crippen molar-refractivity contribution in [2.24, 2.45) is 5.92 Å². The first kappa shape index (κ1) is 16.9. The maximum atomic E-state index is 14.0. The molecule has 0 aliphatic carbocycles. The molecule has 1 aromatic carbocycles. The average Bonchev–Trinajstić information content (AvgIpc) is 2.46. The van der Waals surface area contributed by atoms with Crippen LogP contribution in [-0.2, 0) is 14.3 Å². The van der Waals surface area contributed by atoms with Crippen molar-refractivity contribution >= 4 is 12.0 Å². The standard InChI is InChI=1S/C15H16F2N2O4/c1-8-12(14(20)23-6-5-22-2)13(19-15(21)18-8)10-4-3-9(16)7-11(10)17/h3-4,7,12-13H,1,5-6H2,2H3,(H2,18,19,21)/t12-,13-/m0/s1. The maximum absolute atomic E-state index is 14.0. The predicted molar refractivity (Wildman–Crippen MR) is 76.2 cm³/mol.